The first-order valence-electron chi connectivity index (χ1n) is 7.25. The number of benzene rings is 1. The smallest absolute Gasteiger partial charge is 0.156 e. The number of hydrogen-bond acceptors (Lipinski definition) is 3. The van der Waals surface area contributed by atoms with Crippen LogP contribution in [-0.4, -0.2) is 33.3 Å². The van der Waals surface area contributed by atoms with E-state index in [2.05, 4.69) is 45.7 Å². The van der Waals surface area contributed by atoms with Gasteiger partial charge in [-0.1, -0.05) is 42.1 Å². The Labute approximate surface area is 129 Å². The maximum atomic E-state index is 4.65. The average Bonchev–Trinajstić information content (AvgIpc) is 3.10. The van der Waals surface area contributed by atoms with E-state index >= 15 is 0 Å². The fraction of sp³-hybridized carbons (Fsp3) is 0.375. The van der Waals surface area contributed by atoms with Crippen molar-refractivity contribution in [3.05, 3.63) is 53.9 Å². The number of nitrogens with one attached hydrogen (secondary N) is 1. The Morgan fingerprint density at radius 3 is 2.95 bits per heavy atom. The second-order valence-corrected chi connectivity index (χ2v) is 6.31. The molecule has 0 radical (unpaired) electrons. The van der Waals surface area contributed by atoms with Gasteiger partial charge in [0.15, 0.2) is 5.17 Å². The van der Waals surface area contributed by atoms with Gasteiger partial charge in [0.05, 0.1) is 6.20 Å². The number of amidine groups is 1. The van der Waals surface area contributed by atoms with Gasteiger partial charge in [0.2, 0.25) is 0 Å². The lowest BCUT2D eigenvalue weighted by atomic mass is 10.1. The Morgan fingerprint density at radius 1 is 1.33 bits per heavy atom. The first-order chi connectivity index (χ1) is 10.3. The van der Waals surface area contributed by atoms with Crippen LogP contribution in [0.1, 0.15) is 11.1 Å². The van der Waals surface area contributed by atoms with Crippen LogP contribution in [0.25, 0.3) is 0 Å². The zero-order valence-corrected chi connectivity index (χ0v) is 13.0. The van der Waals surface area contributed by atoms with Gasteiger partial charge in [0, 0.05) is 31.6 Å². The van der Waals surface area contributed by atoms with Gasteiger partial charge in [-0.05, 0) is 24.0 Å². The van der Waals surface area contributed by atoms with E-state index in [1.807, 2.05) is 35.9 Å². The summed E-state index contributed by atoms with van der Waals surface area (Å²) in [7, 11) is 1.94. The highest BCUT2D eigenvalue weighted by Gasteiger charge is 2.20. The summed E-state index contributed by atoms with van der Waals surface area (Å²) in [6.07, 6.45) is 5.97. The van der Waals surface area contributed by atoms with Gasteiger partial charge in [-0.2, -0.15) is 5.10 Å². The van der Waals surface area contributed by atoms with E-state index in [1.54, 1.807) is 0 Å². The van der Waals surface area contributed by atoms with Crippen molar-refractivity contribution in [2.75, 3.05) is 12.3 Å². The number of nitrogens with zero attached hydrogens (tertiary/aromatic N) is 3. The Balaban J connectivity index is 1.46. The van der Waals surface area contributed by atoms with Crippen molar-refractivity contribution in [1.29, 1.82) is 0 Å². The molecule has 1 N–H and O–H groups in total. The lowest BCUT2D eigenvalue weighted by Gasteiger charge is -2.09. The van der Waals surface area contributed by atoms with Gasteiger partial charge in [-0.15, -0.1) is 0 Å². The van der Waals surface area contributed by atoms with Crippen molar-refractivity contribution in [2.45, 2.75) is 18.9 Å². The summed E-state index contributed by atoms with van der Waals surface area (Å²) in [5, 5.41) is 8.78. The first-order valence-corrected chi connectivity index (χ1v) is 8.23. The predicted octanol–water partition coefficient (Wildman–Crippen LogP) is 2.27. The van der Waals surface area contributed by atoms with Crippen LogP contribution in [0.5, 0.6) is 0 Å². The largest absolute Gasteiger partial charge is 0.361 e. The van der Waals surface area contributed by atoms with E-state index in [9.17, 15) is 0 Å². The predicted molar refractivity (Wildman–Crippen MR) is 88.7 cm³/mol. The van der Waals surface area contributed by atoms with Crippen LogP contribution in [-0.2, 0) is 19.9 Å². The van der Waals surface area contributed by atoms with Crippen LogP contribution < -0.4 is 5.32 Å². The van der Waals surface area contributed by atoms with E-state index in [0.717, 1.165) is 30.3 Å². The van der Waals surface area contributed by atoms with Gasteiger partial charge in [0.1, 0.15) is 0 Å². The maximum absolute atomic E-state index is 4.65. The molecule has 1 atom stereocenters. The van der Waals surface area contributed by atoms with Crippen LogP contribution in [0, 0.1) is 0 Å². The molecule has 0 amide bonds. The van der Waals surface area contributed by atoms with Gasteiger partial charge in [0.25, 0.3) is 0 Å². The average molecular weight is 300 g/mol. The second kappa shape index (κ2) is 6.80. The van der Waals surface area contributed by atoms with Crippen LogP contribution in [0.2, 0.25) is 0 Å². The third-order valence-electron chi connectivity index (χ3n) is 3.49. The van der Waals surface area contributed by atoms with Crippen molar-refractivity contribution < 1.29 is 0 Å². The maximum Gasteiger partial charge on any atom is 0.156 e. The molecule has 21 heavy (non-hydrogen) atoms. The van der Waals surface area contributed by atoms with Gasteiger partial charge in [-0.25, -0.2) is 0 Å². The Bertz CT molecular complexity index is 606. The molecule has 1 saturated heterocycles. The minimum absolute atomic E-state index is 0.495. The number of aromatic nitrogens is 2. The van der Waals surface area contributed by atoms with E-state index < -0.39 is 0 Å². The van der Waals surface area contributed by atoms with Crippen molar-refractivity contribution in [2.24, 2.45) is 12.0 Å². The number of aryl methyl sites for hydroxylation is 1. The van der Waals surface area contributed by atoms with Crippen molar-refractivity contribution >= 4 is 16.9 Å². The van der Waals surface area contributed by atoms with Crippen molar-refractivity contribution in [3.8, 4) is 0 Å². The summed E-state index contributed by atoms with van der Waals surface area (Å²) >= 11 is 1.83. The third kappa shape index (κ3) is 4.11. The van der Waals surface area contributed by atoms with Crippen LogP contribution in [0.4, 0.5) is 0 Å². The molecular formula is C16H20N4S. The fourth-order valence-electron chi connectivity index (χ4n) is 2.42. The summed E-state index contributed by atoms with van der Waals surface area (Å²) in [5.74, 6) is 1.10. The SMILES string of the molecule is Cn1cc(CCN=C2NC(Cc3ccccc3)CS2)cn1. The fourth-order valence-corrected chi connectivity index (χ4v) is 3.42. The number of hydrogen-bond donors (Lipinski definition) is 1. The second-order valence-electron chi connectivity index (χ2n) is 5.30. The molecule has 1 fully saturated rings. The number of aliphatic imine (C=N–C) groups is 1. The molecular weight excluding hydrogens is 280 g/mol. The highest BCUT2D eigenvalue weighted by Crippen LogP contribution is 2.17. The highest BCUT2D eigenvalue weighted by molar-refractivity contribution is 8.14. The molecule has 110 valence electrons. The number of rotatable bonds is 5. The normalized spacial score (nSPS) is 19.9. The zero-order valence-electron chi connectivity index (χ0n) is 12.2. The van der Waals surface area contributed by atoms with E-state index in [-0.39, 0.29) is 0 Å². The minimum Gasteiger partial charge on any atom is -0.361 e. The molecule has 2 aromatic rings. The quantitative estimate of drug-likeness (QED) is 0.921. The summed E-state index contributed by atoms with van der Waals surface area (Å²) in [4.78, 5) is 4.65. The highest BCUT2D eigenvalue weighted by atomic mass is 32.2. The van der Waals surface area contributed by atoms with Gasteiger partial charge >= 0.3 is 0 Å². The summed E-state index contributed by atoms with van der Waals surface area (Å²) in [6, 6.07) is 11.1. The number of thioether (sulfide) groups is 1. The topological polar surface area (TPSA) is 42.2 Å². The lowest BCUT2D eigenvalue weighted by Crippen LogP contribution is -2.29. The molecule has 0 aliphatic carbocycles. The molecule has 0 saturated carbocycles. The molecule has 1 aliphatic heterocycles. The van der Waals surface area contributed by atoms with E-state index in [0.29, 0.717) is 6.04 Å². The molecule has 1 aliphatic rings. The van der Waals surface area contributed by atoms with E-state index in [1.165, 1.54) is 11.1 Å². The molecule has 0 spiro atoms. The van der Waals surface area contributed by atoms with Gasteiger partial charge in [-0.3, -0.25) is 9.67 Å². The molecule has 1 aromatic carbocycles. The van der Waals surface area contributed by atoms with Gasteiger partial charge < -0.3 is 5.32 Å². The summed E-state index contributed by atoms with van der Waals surface area (Å²) in [5.41, 5.74) is 2.62. The van der Waals surface area contributed by atoms with Crippen molar-refractivity contribution in [3.63, 3.8) is 0 Å². The first kappa shape index (κ1) is 14.2. The molecule has 4 nitrogen and oxygen atoms in total. The lowest BCUT2D eigenvalue weighted by molar-refractivity contribution is 0.686. The monoisotopic (exact) mass is 300 g/mol. The Hall–Kier alpha value is -1.75. The van der Waals surface area contributed by atoms with Crippen LogP contribution in [0.15, 0.2) is 47.7 Å². The Morgan fingerprint density at radius 2 is 2.19 bits per heavy atom. The molecule has 3 rings (SSSR count). The van der Waals surface area contributed by atoms with Crippen LogP contribution in [0.3, 0.4) is 0 Å². The summed E-state index contributed by atoms with van der Waals surface area (Å²) in [6.45, 7) is 0.819. The molecule has 1 unspecified atom stereocenters. The summed E-state index contributed by atoms with van der Waals surface area (Å²) < 4.78 is 1.83. The molecule has 0 bridgehead atoms. The van der Waals surface area contributed by atoms with Crippen molar-refractivity contribution in [1.82, 2.24) is 15.1 Å². The molecule has 1 aromatic heterocycles. The third-order valence-corrected chi connectivity index (χ3v) is 4.58. The van der Waals surface area contributed by atoms with Crippen LogP contribution >= 0.6 is 11.8 Å². The van der Waals surface area contributed by atoms with E-state index in [4.69, 9.17) is 0 Å². The standard InChI is InChI=1S/C16H20N4S/c1-20-11-14(10-18-20)7-8-17-16-19-15(12-21-16)9-13-5-3-2-4-6-13/h2-6,10-11,15H,7-9,12H2,1H3,(H,17,19). The molecule has 5 heteroatoms. The molecule has 2 heterocycles. The zero-order chi connectivity index (χ0) is 14.5. The Kier molecular flexibility index (Phi) is 4.60. The minimum atomic E-state index is 0.495.